The van der Waals surface area contributed by atoms with E-state index in [1.165, 1.54) is 6.07 Å². The molecule has 2 N–H and O–H groups in total. The molecule has 0 aliphatic rings. The molecule has 130 valence electrons. The van der Waals surface area contributed by atoms with Crippen molar-refractivity contribution in [2.45, 2.75) is 19.6 Å². The number of anilines is 1. The molecule has 0 heterocycles. The van der Waals surface area contributed by atoms with E-state index in [0.717, 1.165) is 5.56 Å². The summed E-state index contributed by atoms with van der Waals surface area (Å²) in [5, 5.41) is 13.6. The Balaban J connectivity index is 2.44. The molecule has 24 heavy (non-hydrogen) atoms. The van der Waals surface area contributed by atoms with Crippen molar-refractivity contribution in [3.8, 4) is 5.75 Å². The van der Waals surface area contributed by atoms with Gasteiger partial charge in [-0.3, -0.25) is 4.57 Å². The standard InChI is InChI=1S/C17H21ClNO4P/c1-3-22-24(21,23-4-2)17(13-8-6-5-7-9-13)19-15-11-10-14(18)12-16(15)20/h5-12,17,19-20H,3-4H2,1-2H3. The van der Waals surface area contributed by atoms with Crippen LogP contribution in [0.3, 0.4) is 0 Å². The fourth-order valence-corrected chi connectivity index (χ4v) is 4.39. The van der Waals surface area contributed by atoms with Gasteiger partial charge in [-0.1, -0.05) is 41.9 Å². The third-order valence-corrected chi connectivity index (χ3v) is 5.83. The highest BCUT2D eigenvalue weighted by Gasteiger charge is 2.37. The van der Waals surface area contributed by atoms with Crippen molar-refractivity contribution >= 4 is 24.9 Å². The van der Waals surface area contributed by atoms with Crippen LogP contribution >= 0.6 is 19.2 Å². The predicted molar refractivity (Wildman–Crippen MR) is 96.8 cm³/mol. The summed E-state index contributed by atoms with van der Waals surface area (Å²) in [5.41, 5.74) is 1.13. The van der Waals surface area contributed by atoms with E-state index in [1.54, 1.807) is 26.0 Å². The minimum absolute atomic E-state index is 0.0389. The first-order valence-electron chi connectivity index (χ1n) is 7.69. The van der Waals surface area contributed by atoms with Crippen molar-refractivity contribution in [1.29, 1.82) is 0 Å². The number of aromatic hydroxyl groups is 1. The van der Waals surface area contributed by atoms with E-state index < -0.39 is 13.4 Å². The number of nitrogens with one attached hydrogen (secondary N) is 1. The third kappa shape index (κ3) is 4.52. The maximum absolute atomic E-state index is 13.3. The number of benzene rings is 2. The van der Waals surface area contributed by atoms with Crippen molar-refractivity contribution in [2.75, 3.05) is 18.5 Å². The van der Waals surface area contributed by atoms with E-state index in [1.807, 2.05) is 30.3 Å². The first-order valence-corrected chi connectivity index (χ1v) is 9.68. The topological polar surface area (TPSA) is 67.8 Å². The molecule has 0 spiro atoms. The van der Waals surface area contributed by atoms with Gasteiger partial charge in [0.25, 0.3) is 0 Å². The lowest BCUT2D eigenvalue weighted by Gasteiger charge is -2.28. The molecule has 2 aromatic carbocycles. The van der Waals surface area contributed by atoms with Crippen LogP contribution in [0, 0.1) is 0 Å². The van der Waals surface area contributed by atoms with Crippen LogP contribution in [0.5, 0.6) is 5.75 Å². The van der Waals surface area contributed by atoms with Gasteiger partial charge in [0.05, 0.1) is 18.9 Å². The number of phenols is 1. The van der Waals surface area contributed by atoms with E-state index in [2.05, 4.69) is 5.32 Å². The molecule has 2 aromatic rings. The van der Waals surface area contributed by atoms with Gasteiger partial charge in [-0.05, 0) is 31.5 Å². The lowest BCUT2D eigenvalue weighted by Crippen LogP contribution is -2.15. The Morgan fingerprint density at radius 1 is 1.12 bits per heavy atom. The second-order valence-electron chi connectivity index (χ2n) is 4.99. The van der Waals surface area contributed by atoms with E-state index in [-0.39, 0.29) is 19.0 Å². The summed E-state index contributed by atoms with van der Waals surface area (Å²) in [6, 6.07) is 13.9. The number of phenolic OH excluding ortho intramolecular Hbond substituents is 1. The first kappa shape index (κ1) is 18.8. The zero-order valence-electron chi connectivity index (χ0n) is 13.6. The summed E-state index contributed by atoms with van der Waals surface area (Å²) in [5.74, 6) is -0.798. The lowest BCUT2D eigenvalue weighted by atomic mass is 10.2. The number of halogens is 1. The number of rotatable bonds is 8. The fourth-order valence-electron chi connectivity index (χ4n) is 2.30. The monoisotopic (exact) mass is 369 g/mol. The van der Waals surface area contributed by atoms with Crippen LogP contribution in [-0.4, -0.2) is 18.3 Å². The Bertz CT molecular complexity index is 701. The largest absolute Gasteiger partial charge is 0.506 e. The zero-order valence-corrected chi connectivity index (χ0v) is 15.3. The van der Waals surface area contributed by atoms with Crippen LogP contribution < -0.4 is 5.32 Å². The fraction of sp³-hybridized carbons (Fsp3) is 0.294. The second-order valence-corrected chi connectivity index (χ2v) is 7.54. The summed E-state index contributed by atoms with van der Waals surface area (Å²) >= 11 is 5.87. The van der Waals surface area contributed by atoms with Gasteiger partial charge < -0.3 is 19.5 Å². The summed E-state index contributed by atoms with van der Waals surface area (Å²) in [6.07, 6.45) is 0. The Morgan fingerprint density at radius 2 is 1.75 bits per heavy atom. The van der Waals surface area contributed by atoms with Crippen LogP contribution in [0.4, 0.5) is 5.69 Å². The average molecular weight is 370 g/mol. The Hall–Kier alpha value is -1.52. The van der Waals surface area contributed by atoms with Gasteiger partial charge in [0.15, 0.2) is 5.78 Å². The molecule has 0 fully saturated rings. The van der Waals surface area contributed by atoms with Gasteiger partial charge in [0.1, 0.15) is 5.75 Å². The minimum atomic E-state index is -3.50. The molecule has 2 rings (SSSR count). The first-order chi connectivity index (χ1) is 11.5. The molecule has 0 amide bonds. The van der Waals surface area contributed by atoms with Gasteiger partial charge in [-0.2, -0.15) is 0 Å². The van der Waals surface area contributed by atoms with Crippen molar-refractivity contribution in [1.82, 2.24) is 0 Å². The van der Waals surface area contributed by atoms with Gasteiger partial charge in [0, 0.05) is 11.1 Å². The maximum Gasteiger partial charge on any atom is 0.357 e. The van der Waals surface area contributed by atoms with Crippen molar-refractivity contribution in [3.63, 3.8) is 0 Å². The Morgan fingerprint density at radius 3 is 2.29 bits per heavy atom. The van der Waals surface area contributed by atoms with Crippen molar-refractivity contribution < 1.29 is 18.7 Å². The highest BCUT2D eigenvalue weighted by Crippen LogP contribution is 2.61. The van der Waals surface area contributed by atoms with Crippen LogP contribution in [0.1, 0.15) is 25.2 Å². The minimum Gasteiger partial charge on any atom is -0.506 e. The molecule has 0 radical (unpaired) electrons. The molecular weight excluding hydrogens is 349 g/mol. The SMILES string of the molecule is CCOP(=O)(OCC)C(Nc1ccc(Cl)cc1O)c1ccccc1. The summed E-state index contributed by atoms with van der Waals surface area (Å²) in [7, 11) is -3.50. The molecule has 1 atom stereocenters. The number of hydrogen-bond acceptors (Lipinski definition) is 5. The van der Waals surface area contributed by atoms with Crippen LogP contribution in [0.25, 0.3) is 0 Å². The Labute approximate surface area is 147 Å². The van der Waals surface area contributed by atoms with Gasteiger partial charge in [-0.15, -0.1) is 0 Å². The molecule has 0 saturated carbocycles. The van der Waals surface area contributed by atoms with E-state index in [0.29, 0.717) is 10.7 Å². The highest BCUT2D eigenvalue weighted by molar-refractivity contribution is 7.54. The molecule has 0 aliphatic heterocycles. The molecule has 0 saturated heterocycles. The molecule has 0 aliphatic carbocycles. The summed E-state index contributed by atoms with van der Waals surface area (Å²) in [4.78, 5) is 0. The van der Waals surface area contributed by atoms with Gasteiger partial charge in [-0.25, -0.2) is 0 Å². The molecular formula is C17H21ClNO4P. The summed E-state index contributed by atoms with van der Waals surface area (Å²) in [6.45, 7) is 4.00. The number of hydrogen-bond donors (Lipinski definition) is 2. The highest BCUT2D eigenvalue weighted by atomic mass is 35.5. The second kappa shape index (κ2) is 8.54. The van der Waals surface area contributed by atoms with Crippen molar-refractivity contribution in [2.24, 2.45) is 0 Å². The third-order valence-electron chi connectivity index (χ3n) is 3.30. The quantitative estimate of drug-likeness (QED) is 0.480. The molecule has 0 aromatic heterocycles. The Kier molecular flexibility index (Phi) is 6.69. The van der Waals surface area contributed by atoms with Gasteiger partial charge in [0.2, 0.25) is 0 Å². The van der Waals surface area contributed by atoms with Crippen molar-refractivity contribution in [3.05, 3.63) is 59.1 Å². The average Bonchev–Trinajstić information content (AvgIpc) is 2.55. The van der Waals surface area contributed by atoms with Gasteiger partial charge >= 0.3 is 7.60 Å². The molecule has 7 heteroatoms. The van der Waals surface area contributed by atoms with E-state index in [4.69, 9.17) is 20.6 Å². The summed E-state index contributed by atoms with van der Waals surface area (Å²) < 4.78 is 24.3. The predicted octanol–water partition coefficient (Wildman–Crippen LogP) is 5.42. The van der Waals surface area contributed by atoms with Crippen LogP contribution in [0.2, 0.25) is 5.02 Å². The van der Waals surface area contributed by atoms with E-state index in [9.17, 15) is 9.67 Å². The molecule has 0 bridgehead atoms. The normalized spacial score (nSPS) is 12.8. The zero-order chi connectivity index (χ0) is 17.6. The maximum atomic E-state index is 13.3. The van der Waals surface area contributed by atoms with E-state index >= 15 is 0 Å². The molecule has 5 nitrogen and oxygen atoms in total. The van der Waals surface area contributed by atoms with Crippen LogP contribution in [0.15, 0.2) is 48.5 Å². The molecule has 1 unspecified atom stereocenters. The van der Waals surface area contributed by atoms with Crippen LogP contribution in [-0.2, 0) is 13.6 Å². The lowest BCUT2D eigenvalue weighted by molar-refractivity contribution is 0.214. The smallest absolute Gasteiger partial charge is 0.357 e.